The van der Waals surface area contributed by atoms with Crippen molar-refractivity contribution in [3.05, 3.63) is 56.5 Å². The molecule has 1 aliphatic rings. The van der Waals surface area contributed by atoms with Gasteiger partial charge in [-0.2, -0.15) is 0 Å². The summed E-state index contributed by atoms with van der Waals surface area (Å²) in [5.74, 6) is 0.421. The van der Waals surface area contributed by atoms with Crippen molar-refractivity contribution in [2.45, 2.75) is 72.0 Å². The molecular formula is C28H42N4O4. The largest absolute Gasteiger partial charge is 0.491 e. The number of H-pyrrole nitrogens is 1. The zero-order valence-corrected chi connectivity index (χ0v) is 22.6. The van der Waals surface area contributed by atoms with Crippen LogP contribution in [-0.2, 0) is 11.3 Å². The fraction of sp³-hybridized carbons (Fsp3) is 0.571. The van der Waals surface area contributed by atoms with Gasteiger partial charge in [0.05, 0.1) is 6.61 Å². The number of benzene rings is 1. The number of carbonyl (C=O) groups excluding carboxylic acids is 1. The van der Waals surface area contributed by atoms with Crippen LogP contribution >= 0.6 is 0 Å². The number of aryl methyl sites for hydroxylation is 2. The lowest BCUT2D eigenvalue weighted by molar-refractivity contribution is 0.0949. The van der Waals surface area contributed by atoms with Crippen LogP contribution in [0.4, 0.5) is 5.69 Å². The second-order valence-electron chi connectivity index (χ2n) is 9.66. The van der Waals surface area contributed by atoms with Gasteiger partial charge < -0.3 is 30.0 Å². The number of carbonyl (C=O) groups is 1. The standard InChI is InChI=1S/C28H42N4O4/c1-7-32(22-10-8-21(29-5)9-11-22)26-16-23(36-13-12-35-6)15-24(20(26)4)27(33)30-17-25-18(2)14-19(3)31-28(25)34/h14-16,21-22,29H,7-13,17H2,1-6H3,(H,30,33)(H,31,34)/t21-,22-. The number of methoxy groups -OCH3 is 1. The van der Waals surface area contributed by atoms with Gasteiger partial charge in [-0.1, -0.05) is 0 Å². The highest BCUT2D eigenvalue weighted by molar-refractivity contribution is 5.97. The normalized spacial score (nSPS) is 17.6. The molecular weight excluding hydrogens is 456 g/mol. The molecule has 0 radical (unpaired) electrons. The molecule has 0 atom stereocenters. The predicted molar refractivity (Wildman–Crippen MR) is 144 cm³/mol. The van der Waals surface area contributed by atoms with Crippen molar-refractivity contribution in [1.29, 1.82) is 0 Å². The third-order valence-electron chi connectivity index (χ3n) is 7.27. The Balaban J connectivity index is 1.90. The number of aromatic nitrogens is 1. The average Bonchev–Trinajstić information content (AvgIpc) is 2.85. The molecule has 0 bridgehead atoms. The SMILES string of the molecule is CCN(c1cc(OCCOC)cc(C(=O)NCc2c(C)cc(C)[nH]c2=O)c1C)[C@H]1CC[C@H](NC)CC1. The van der Waals surface area contributed by atoms with Crippen LogP contribution in [-0.4, -0.2) is 56.9 Å². The zero-order chi connectivity index (χ0) is 26.2. The molecule has 1 aromatic heterocycles. The summed E-state index contributed by atoms with van der Waals surface area (Å²) in [7, 11) is 3.67. The van der Waals surface area contributed by atoms with Crippen LogP contribution in [0.3, 0.4) is 0 Å². The van der Waals surface area contributed by atoms with Crippen LogP contribution in [0, 0.1) is 20.8 Å². The van der Waals surface area contributed by atoms with Crippen LogP contribution in [0.25, 0.3) is 0 Å². The van der Waals surface area contributed by atoms with Crippen molar-refractivity contribution in [2.24, 2.45) is 0 Å². The highest BCUT2D eigenvalue weighted by Crippen LogP contribution is 2.34. The fourth-order valence-corrected chi connectivity index (χ4v) is 5.20. The van der Waals surface area contributed by atoms with E-state index in [4.69, 9.17) is 9.47 Å². The topological polar surface area (TPSA) is 95.7 Å². The van der Waals surface area contributed by atoms with Gasteiger partial charge in [-0.15, -0.1) is 0 Å². The molecule has 1 heterocycles. The Labute approximate surface area is 214 Å². The molecule has 3 N–H and O–H groups in total. The van der Waals surface area contributed by atoms with Crippen molar-refractivity contribution in [3.8, 4) is 5.75 Å². The van der Waals surface area contributed by atoms with Gasteiger partial charge in [-0.05, 0) is 83.7 Å². The summed E-state index contributed by atoms with van der Waals surface area (Å²) in [5, 5.41) is 6.37. The fourth-order valence-electron chi connectivity index (χ4n) is 5.20. The van der Waals surface area contributed by atoms with E-state index in [0.717, 1.165) is 54.7 Å². The molecule has 3 rings (SSSR count). The van der Waals surface area contributed by atoms with Gasteiger partial charge in [0.15, 0.2) is 0 Å². The van der Waals surface area contributed by atoms with E-state index in [-0.39, 0.29) is 18.0 Å². The average molecular weight is 499 g/mol. The smallest absolute Gasteiger partial charge is 0.253 e. The minimum Gasteiger partial charge on any atom is -0.491 e. The molecule has 8 heteroatoms. The van der Waals surface area contributed by atoms with Crippen molar-refractivity contribution in [3.63, 3.8) is 0 Å². The Hall–Kier alpha value is -2.84. The maximum absolute atomic E-state index is 13.4. The number of aromatic amines is 1. The summed E-state index contributed by atoms with van der Waals surface area (Å²) in [5.41, 5.74) is 4.56. The van der Waals surface area contributed by atoms with E-state index in [9.17, 15) is 9.59 Å². The van der Waals surface area contributed by atoms with Gasteiger partial charge in [0.2, 0.25) is 0 Å². The zero-order valence-electron chi connectivity index (χ0n) is 22.6. The summed E-state index contributed by atoms with van der Waals surface area (Å²) in [6.07, 6.45) is 4.48. The predicted octanol–water partition coefficient (Wildman–Crippen LogP) is 3.61. The van der Waals surface area contributed by atoms with Crippen LogP contribution in [0.2, 0.25) is 0 Å². The number of nitrogens with zero attached hydrogens (tertiary/aromatic N) is 1. The lowest BCUT2D eigenvalue weighted by Crippen LogP contribution is -2.42. The highest BCUT2D eigenvalue weighted by atomic mass is 16.5. The molecule has 36 heavy (non-hydrogen) atoms. The number of ether oxygens (including phenoxy) is 2. The Morgan fingerprint density at radius 1 is 1.11 bits per heavy atom. The van der Waals surface area contributed by atoms with E-state index in [1.807, 2.05) is 40.0 Å². The quantitative estimate of drug-likeness (QED) is 0.410. The molecule has 0 unspecified atom stereocenters. The minimum absolute atomic E-state index is 0.162. The molecule has 0 saturated heterocycles. The summed E-state index contributed by atoms with van der Waals surface area (Å²) in [6.45, 7) is 9.76. The molecule has 1 saturated carbocycles. The number of hydrogen-bond acceptors (Lipinski definition) is 6. The lowest BCUT2D eigenvalue weighted by atomic mass is 9.89. The minimum atomic E-state index is -0.222. The molecule has 1 aromatic carbocycles. The molecule has 1 fully saturated rings. The van der Waals surface area contributed by atoms with Crippen molar-refractivity contribution in [2.75, 3.05) is 38.8 Å². The first-order chi connectivity index (χ1) is 17.3. The molecule has 2 aromatic rings. The second kappa shape index (κ2) is 12.9. The maximum Gasteiger partial charge on any atom is 0.253 e. The number of anilines is 1. The Bertz CT molecular complexity index is 1090. The monoisotopic (exact) mass is 498 g/mol. The number of pyridine rings is 1. The Kier molecular flexibility index (Phi) is 9.96. The van der Waals surface area contributed by atoms with E-state index < -0.39 is 0 Å². The van der Waals surface area contributed by atoms with E-state index in [1.54, 1.807) is 13.2 Å². The molecule has 0 spiro atoms. The summed E-state index contributed by atoms with van der Waals surface area (Å²) in [6, 6.07) is 6.74. The third-order valence-corrected chi connectivity index (χ3v) is 7.27. The van der Waals surface area contributed by atoms with Crippen molar-refractivity contribution in [1.82, 2.24) is 15.6 Å². The Morgan fingerprint density at radius 2 is 1.83 bits per heavy atom. The van der Waals surface area contributed by atoms with Gasteiger partial charge in [-0.25, -0.2) is 0 Å². The first kappa shape index (κ1) is 27.7. The number of hydrogen-bond donors (Lipinski definition) is 3. The third kappa shape index (κ3) is 6.68. The van der Waals surface area contributed by atoms with Gasteiger partial charge >= 0.3 is 0 Å². The first-order valence-electron chi connectivity index (χ1n) is 13.0. The number of amides is 1. The van der Waals surface area contributed by atoms with Crippen molar-refractivity contribution >= 4 is 11.6 Å². The maximum atomic E-state index is 13.4. The van der Waals surface area contributed by atoms with E-state index in [0.29, 0.717) is 42.2 Å². The highest BCUT2D eigenvalue weighted by Gasteiger charge is 2.27. The van der Waals surface area contributed by atoms with Gasteiger partial charge in [-0.3, -0.25) is 9.59 Å². The van der Waals surface area contributed by atoms with Crippen molar-refractivity contribution < 1.29 is 14.3 Å². The number of nitrogens with one attached hydrogen (secondary N) is 3. The van der Waals surface area contributed by atoms with Gasteiger partial charge in [0, 0.05) is 60.9 Å². The molecule has 1 aliphatic carbocycles. The summed E-state index contributed by atoms with van der Waals surface area (Å²) in [4.78, 5) is 31.1. The molecule has 8 nitrogen and oxygen atoms in total. The molecule has 0 aliphatic heterocycles. The number of rotatable bonds is 11. The Morgan fingerprint density at radius 3 is 2.44 bits per heavy atom. The first-order valence-corrected chi connectivity index (χ1v) is 13.0. The van der Waals surface area contributed by atoms with E-state index >= 15 is 0 Å². The van der Waals surface area contributed by atoms with Gasteiger partial charge in [0.1, 0.15) is 12.4 Å². The molecule has 198 valence electrons. The van der Waals surface area contributed by atoms with Crippen LogP contribution in [0.5, 0.6) is 5.75 Å². The summed E-state index contributed by atoms with van der Waals surface area (Å²) < 4.78 is 11.1. The summed E-state index contributed by atoms with van der Waals surface area (Å²) >= 11 is 0. The van der Waals surface area contributed by atoms with E-state index in [1.165, 1.54) is 0 Å². The van der Waals surface area contributed by atoms with Crippen LogP contribution in [0.1, 0.15) is 65.3 Å². The van der Waals surface area contributed by atoms with E-state index in [2.05, 4.69) is 27.4 Å². The van der Waals surface area contributed by atoms with Crippen LogP contribution < -0.4 is 25.8 Å². The molecule has 1 amide bonds. The lowest BCUT2D eigenvalue weighted by Gasteiger charge is -2.39. The van der Waals surface area contributed by atoms with Gasteiger partial charge in [0.25, 0.3) is 11.5 Å². The second-order valence-corrected chi connectivity index (χ2v) is 9.66. The van der Waals surface area contributed by atoms with Crippen LogP contribution in [0.15, 0.2) is 23.0 Å².